The minimum absolute atomic E-state index is 0.0806. The SMILES string of the molecule is O=C(O)CCCNC(=O)NC(c1cccs1)C1CC1. The number of rotatable bonds is 7. The molecule has 1 heterocycles. The molecule has 1 unspecified atom stereocenters. The number of aliphatic carboxylic acids is 1. The Hall–Kier alpha value is -1.56. The van der Waals surface area contributed by atoms with E-state index in [1.165, 1.54) is 4.88 Å². The van der Waals surface area contributed by atoms with Crippen molar-refractivity contribution >= 4 is 23.3 Å². The highest BCUT2D eigenvalue weighted by Crippen LogP contribution is 2.42. The van der Waals surface area contributed by atoms with Crippen LogP contribution >= 0.6 is 11.3 Å². The maximum absolute atomic E-state index is 11.8. The van der Waals surface area contributed by atoms with Crippen LogP contribution < -0.4 is 10.6 Å². The summed E-state index contributed by atoms with van der Waals surface area (Å²) in [5.41, 5.74) is 0. The quantitative estimate of drug-likeness (QED) is 0.672. The molecule has 1 aliphatic carbocycles. The maximum atomic E-state index is 11.8. The van der Waals surface area contributed by atoms with Gasteiger partial charge in [-0.1, -0.05) is 6.07 Å². The normalized spacial score (nSPS) is 15.8. The molecule has 0 spiro atoms. The summed E-state index contributed by atoms with van der Waals surface area (Å²) in [5.74, 6) is -0.292. The highest BCUT2D eigenvalue weighted by molar-refractivity contribution is 7.10. The maximum Gasteiger partial charge on any atom is 0.315 e. The fourth-order valence-electron chi connectivity index (χ4n) is 1.95. The van der Waals surface area contributed by atoms with Crippen LogP contribution in [-0.2, 0) is 4.79 Å². The molecule has 1 aromatic rings. The van der Waals surface area contributed by atoms with Gasteiger partial charge in [0.05, 0.1) is 6.04 Å². The second-order valence-electron chi connectivity index (χ2n) is 4.73. The van der Waals surface area contributed by atoms with Gasteiger partial charge in [-0.15, -0.1) is 11.3 Å². The number of carbonyl (C=O) groups is 2. The zero-order chi connectivity index (χ0) is 13.7. The van der Waals surface area contributed by atoms with E-state index < -0.39 is 5.97 Å². The number of hydrogen-bond acceptors (Lipinski definition) is 3. The van der Waals surface area contributed by atoms with E-state index in [-0.39, 0.29) is 18.5 Å². The van der Waals surface area contributed by atoms with Crippen LogP contribution in [0.5, 0.6) is 0 Å². The first-order chi connectivity index (χ1) is 9.16. The Morgan fingerprint density at radius 3 is 2.84 bits per heavy atom. The molecule has 0 saturated heterocycles. The van der Waals surface area contributed by atoms with E-state index in [0.717, 1.165) is 12.8 Å². The average Bonchev–Trinajstić information content (AvgIpc) is 3.06. The molecule has 0 bridgehead atoms. The second kappa shape index (κ2) is 6.56. The van der Waals surface area contributed by atoms with Crippen molar-refractivity contribution in [3.8, 4) is 0 Å². The number of nitrogens with one attached hydrogen (secondary N) is 2. The summed E-state index contributed by atoms with van der Waals surface area (Å²) in [5, 5.41) is 16.2. The molecule has 5 nitrogen and oxygen atoms in total. The van der Waals surface area contributed by atoms with Crippen LogP contribution in [0.3, 0.4) is 0 Å². The van der Waals surface area contributed by atoms with Gasteiger partial charge in [0.25, 0.3) is 0 Å². The van der Waals surface area contributed by atoms with Crippen LogP contribution in [0.2, 0.25) is 0 Å². The Bertz CT molecular complexity index is 429. The van der Waals surface area contributed by atoms with Crippen molar-refractivity contribution in [1.29, 1.82) is 0 Å². The zero-order valence-corrected chi connectivity index (χ0v) is 11.4. The van der Waals surface area contributed by atoms with Crippen LogP contribution in [0.1, 0.15) is 36.6 Å². The van der Waals surface area contributed by atoms with Crippen LogP contribution in [0.25, 0.3) is 0 Å². The molecule has 0 aliphatic heterocycles. The van der Waals surface area contributed by atoms with Gasteiger partial charge in [-0.3, -0.25) is 4.79 Å². The lowest BCUT2D eigenvalue weighted by Crippen LogP contribution is -2.39. The fourth-order valence-corrected chi connectivity index (χ4v) is 2.82. The largest absolute Gasteiger partial charge is 0.481 e. The van der Waals surface area contributed by atoms with Gasteiger partial charge in [-0.2, -0.15) is 0 Å². The highest BCUT2D eigenvalue weighted by atomic mass is 32.1. The molecule has 1 fully saturated rings. The standard InChI is InChI=1S/C13H18N2O3S/c16-11(17)4-1-7-14-13(18)15-12(9-5-6-9)10-3-2-8-19-10/h2-3,8-9,12H,1,4-7H2,(H,16,17)(H2,14,15,18). The topological polar surface area (TPSA) is 78.4 Å². The Labute approximate surface area is 116 Å². The predicted octanol–water partition coefficient (Wildman–Crippen LogP) is 2.36. The van der Waals surface area contributed by atoms with Gasteiger partial charge in [-0.25, -0.2) is 4.79 Å². The summed E-state index contributed by atoms with van der Waals surface area (Å²) in [7, 11) is 0. The molecular weight excluding hydrogens is 264 g/mol. The summed E-state index contributed by atoms with van der Waals surface area (Å²) in [4.78, 5) is 23.3. The predicted molar refractivity (Wildman–Crippen MR) is 73.2 cm³/mol. The minimum Gasteiger partial charge on any atom is -0.481 e. The molecule has 0 aromatic carbocycles. The smallest absolute Gasteiger partial charge is 0.315 e. The third kappa shape index (κ3) is 4.55. The lowest BCUT2D eigenvalue weighted by molar-refractivity contribution is -0.137. The molecule has 0 radical (unpaired) electrons. The summed E-state index contributed by atoms with van der Waals surface area (Å²) < 4.78 is 0. The molecule has 1 aliphatic rings. The van der Waals surface area contributed by atoms with Gasteiger partial charge in [0.2, 0.25) is 0 Å². The van der Waals surface area contributed by atoms with E-state index in [0.29, 0.717) is 18.9 Å². The molecule has 1 saturated carbocycles. The molecule has 19 heavy (non-hydrogen) atoms. The van der Waals surface area contributed by atoms with Crippen molar-refractivity contribution in [3.63, 3.8) is 0 Å². The number of thiophene rings is 1. The first-order valence-electron chi connectivity index (χ1n) is 6.46. The van der Waals surface area contributed by atoms with E-state index >= 15 is 0 Å². The first-order valence-corrected chi connectivity index (χ1v) is 7.34. The summed E-state index contributed by atoms with van der Waals surface area (Å²) >= 11 is 1.65. The summed E-state index contributed by atoms with van der Waals surface area (Å²) in [6, 6.07) is 3.91. The number of carboxylic acid groups (broad SMARTS) is 1. The lowest BCUT2D eigenvalue weighted by atomic mass is 10.1. The molecular formula is C13H18N2O3S. The molecule has 1 atom stereocenters. The Morgan fingerprint density at radius 2 is 2.26 bits per heavy atom. The van der Waals surface area contributed by atoms with Crippen molar-refractivity contribution in [2.45, 2.75) is 31.7 Å². The van der Waals surface area contributed by atoms with Gasteiger partial charge in [0.15, 0.2) is 0 Å². The molecule has 2 rings (SSSR count). The fraction of sp³-hybridized carbons (Fsp3) is 0.538. The Balaban J connectivity index is 1.75. The summed E-state index contributed by atoms with van der Waals surface area (Å²) in [6.45, 7) is 0.389. The van der Waals surface area contributed by atoms with Gasteiger partial charge >= 0.3 is 12.0 Å². The Morgan fingerprint density at radius 1 is 1.47 bits per heavy atom. The summed E-state index contributed by atoms with van der Waals surface area (Å²) in [6.07, 6.45) is 2.84. The number of hydrogen-bond donors (Lipinski definition) is 3. The van der Waals surface area contributed by atoms with E-state index in [4.69, 9.17) is 5.11 Å². The lowest BCUT2D eigenvalue weighted by Gasteiger charge is -2.17. The molecule has 1 aromatic heterocycles. The molecule has 3 N–H and O–H groups in total. The van der Waals surface area contributed by atoms with Gasteiger partial charge < -0.3 is 15.7 Å². The minimum atomic E-state index is -0.836. The van der Waals surface area contributed by atoms with Crippen molar-refractivity contribution in [2.75, 3.05) is 6.54 Å². The van der Waals surface area contributed by atoms with Crippen molar-refractivity contribution in [3.05, 3.63) is 22.4 Å². The number of carboxylic acids is 1. The molecule has 6 heteroatoms. The van der Waals surface area contributed by atoms with Crippen molar-refractivity contribution < 1.29 is 14.7 Å². The first kappa shape index (κ1) is 13.9. The van der Waals surface area contributed by atoms with Crippen LogP contribution in [0, 0.1) is 5.92 Å². The van der Waals surface area contributed by atoms with Crippen molar-refractivity contribution in [2.24, 2.45) is 5.92 Å². The Kier molecular flexibility index (Phi) is 4.79. The average molecular weight is 282 g/mol. The van der Waals surface area contributed by atoms with Gasteiger partial charge in [0.1, 0.15) is 0 Å². The molecule has 2 amide bonds. The van der Waals surface area contributed by atoms with Crippen LogP contribution in [0.4, 0.5) is 4.79 Å². The van der Waals surface area contributed by atoms with E-state index in [1.54, 1.807) is 11.3 Å². The number of amides is 2. The van der Waals surface area contributed by atoms with Crippen molar-refractivity contribution in [1.82, 2.24) is 10.6 Å². The van der Waals surface area contributed by atoms with Crippen LogP contribution in [0.15, 0.2) is 17.5 Å². The highest BCUT2D eigenvalue weighted by Gasteiger charge is 2.33. The van der Waals surface area contributed by atoms with Gasteiger partial charge in [0, 0.05) is 17.8 Å². The number of urea groups is 1. The second-order valence-corrected chi connectivity index (χ2v) is 5.71. The zero-order valence-electron chi connectivity index (χ0n) is 10.6. The monoisotopic (exact) mass is 282 g/mol. The van der Waals surface area contributed by atoms with E-state index in [1.807, 2.05) is 17.5 Å². The molecule has 104 valence electrons. The third-order valence-corrected chi connectivity index (χ3v) is 4.04. The van der Waals surface area contributed by atoms with E-state index in [2.05, 4.69) is 10.6 Å². The van der Waals surface area contributed by atoms with Crippen LogP contribution in [-0.4, -0.2) is 23.7 Å². The third-order valence-electron chi connectivity index (χ3n) is 3.08. The van der Waals surface area contributed by atoms with E-state index in [9.17, 15) is 9.59 Å². The van der Waals surface area contributed by atoms with Gasteiger partial charge in [-0.05, 0) is 36.6 Å². The number of carbonyl (C=O) groups excluding carboxylic acids is 1.